The normalized spacial score (nSPS) is 32.8. The van der Waals surface area contributed by atoms with Crippen LogP contribution in [0.2, 0.25) is 0 Å². The first-order valence-corrected chi connectivity index (χ1v) is 4.86. The first-order valence-electron chi connectivity index (χ1n) is 4.86. The summed E-state index contributed by atoms with van der Waals surface area (Å²) in [5.41, 5.74) is 2.82. The molecule has 1 saturated carbocycles. The maximum atomic E-state index is 5.44. The lowest BCUT2D eigenvalue weighted by atomic mass is 9.79. The fourth-order valence-electron chi connectivity index (χ4n) is 2.20. The van der Waals surface area contributed by atoms with E-state index in [1.807, 2.05) is 6.08 Å². The maximum Gasteiger partial charge on any atom is 0.0416 e. The molecule has 70 valence electrons. The van der Waals surface area contributed by atoms with Crippen molar-refractivity contribution >= 4 is 0 Å². The first kappa shape index (κ1) is 9.75. The van der Waals surface area contributed by atoms with Crippen LogP contribution in [-0.4, -0.2) is 6.04 Å². The summed E-state index contributed by atoms with van der Waals surface area (Å²) < 4.78 is 0. The van der Waals surface area contributed by atoms with Gasteiger partial charge in [-0.3, -0.25) is 11.3 Å². The van der Waals surface area contributed by atoms with Crippen LogP contribution >= 0.6 is 0 Å². The van der Waals surface area contributed by atoms with Crippen molar-refractivity contribution in [3.05, 3.63) is 12.7 Å². The monoisotopic (exact) mass is 168 g/mol. The van der Waals surface area contributed by atoms with Crippen LogP contribution in [0.5, 0.6) is 0 Å². The van der Waals surface area contributed by atoms with Crippen LogP contribution in [0.4, 0.5) is 0 Å². The van der Waals surface area contributed by atoms with Gasteiger partial charge in [0.1, 0.15) is 0 Å². The Kier molecular flexibility index (Phi) is 3.76. The third-order valence-electron chi connectivity index (χ3n) is 2.93. The van der Waals surface area contributed by atoms with Gasteiger partial charge in [-0.2, -0.15) is 0 Å². The Bertz CT molecular complexity index is 145. The van der Waals surface area contributed by atoms with Crippen molar-refractivity contribution in [2.45, 2.75) is 38.6 Å². The molecule has 1 aliphatic rings. The molecule has 0 aromatic carbocycles. The highest BCUT2D eigenvalue weighted by molar-refractivity contribution is 4.91. The molecule has 0 radical (unpaired) electrons. The van der Waals surface area contributed by atoms with Crippen molar-refractivity contribution in [3.8, 4) is 0 Å². The number of hydrogen-bond donors (Lipinski definition) is 2. The smallest absolute Gasteiger partial charge is 0.0416 e. The molecule has 1 aliphatic carbocycles. The second-order valence-corrected chi connectivity index (χ2v) is 3.96. The van der Waals surface area contributed by atoms with Crippen LogP contribution in [-0.2, 0) is 0 Å². The Morgan fingerprint density at radius 3 is 2.83 bits per heavy atom. The third kappa shape index (κ3) is 2.32. The molecule has 0 saturated heterocycles. The topological polar surface area (TPSA) is 38.0 Å². The van der Waals surface area contributed by atoms with Gasteiger partial charge >= 0.3 is 0 Å². The molecule has 2 nitrogen and oxygen atoms in total. The average molecular weight is 168 g/mol. The second-order valence-electron chi connectivity index (χ2n) is 3.96. The van der Waals surface area contributed by atoms with E-state index in [9.17, 15) is 0 Å². The zero-order valence-corrected chi connectivity index (χ0v) is 7.92. The summed E-state index contributed by atoms with van der Waals surface area (Å²) in [5, 5.41) is 0. The van der Waals surface area contributed by atoms with Crippen molar-refractivity contribution in [2.75, 3.05) is 0 Å². The SMILES string of the molecule is C=CC(NN)C1CCCC(C)C1. The number of nitrogens with one attached hydrogen (secondary N) is 1. The Morgan fingerprint density at radius 2 is 2.33 bits per heavy atom. The van der Waals surface area contributed by atoms with E-state index in [2.05, 4.69) is 18.9 Å². The molecule has 3 N–H and O–H groups in total. The number of nitrogens with two attached hydrogens (primary N) is 1. The Morgan fingerprint density at radius 1 is 1.58 bits per heavy atom. The molecular weight excluding hydrogens is 148 g/mol. The lowest BCUT2D eigenvalue weighted by Crippen LogP contribution is -2.40. The summed E-state index contributed by atoms with van der Waals surface area (Å²) in [6, 6.07) is 0.313. The van der Waals surface area contributed by atoms with Crippen molar-refractivity contribution in [1.82, 2.24) is 5.43 Å². The zero-order chi connectivity index (χ0) is 8.97. The van der Waals surface area contributed by atoms with Gasteiger partial charge in [-0.1, -0.05) is 25.8 Å². The number of hydrogen-bond acceptors (Lipinski definition) is 2. The lowest BCUT2D eigenvalue weighted by Gasteiger charge is -2.31. The lowest BCUT2D eigenvalue weighted by molar-refractivity contribution is 0.246. The van der Waals surface area contributed by atoms with Crippen molar-refractivity contribution in [3.63, 3.8) is 0 Å². The summed E-state index contributed by atoms with van der Waals surface area (Å²) in [6.07, 6.45) is 7.25. The fraction of sp³-hybridized carbons (Fsp3) is 0.800. The molecule has 3 atom stereocenters. The molecule has 0 spiro atoms. The van der Waals surface area contributed by atoms with Gasteiger partial charge in [0.05, 0.1) is 0 Å². The molecule has 3 unspecified atom stereocenters. The molecule has 0 aromatic heterocycles. The Labute approximate surface area is 75.2 Å². The molecule has 1 fully saturated rings. The van der Waals surface area contributed by atoms with Gasteiger partial charge in [-0.15, -0.1) is 6.58 Å². The van der Waals surface area contributed by atoms with Gasteiger partial charge in [-0.25, -0.2) is 0 Å². The molecule has 1 rings (SSSR count). The van der Waals surface area contributed by atoms with Gasteiger partial charge in [0, 0.05) is 6.04 Å². The summed E-state index contributed by atoms with van der Waals surface area (Å²) in [7, 11) is 0. The summed E-state index contributed by atoms with van der Waals surface area (Å²) in [5.74, 6) is 7.00. The van der Waals surface area contributed by atoms with Crippen molar-refractivity contribution in [2.24, 2.45) is 17.7 Å². The quantitative estimate of drug-likeness (QED) is 0.383. The van der Waals surface area contributed by atoms with Crippen LogP contribution in [0.1, 0.15) is 32.6 Å². The van der Waals surface area contributed by atoms with E-state index >= 15 is 0 Å². The van der Waals surface area contributed by atoms with E-state index in [0.29, 0.717) is 12.0 Å². The highest BCUT2D eigenvalue weighted by atomic mass is 15.2. The molecular formula is C10H20N2. The average Bonchev–Trinajstić information content (AvgIpc) is 2.07. The fourth-order valence-corrected chi connectivity index (χ4v) is 2.20. The molecule has 0 heterocycles. The largest absolute Gasteiger partial charge is 0.271 e. The minimum atomic E-state index is 0.313. The van der Waals surface area contributed by atoms with Crippen LogP contribution in [0.3, 0.4) is 0 Å². The van der Waals surface area contributed by atoms with Crippen molar-refractivity contribution < 1.29 is 0 Å². The van der Waals surface area contributed by atoms with E-state index in [4.69, 9.17) is 5.84 Å². The minimum absolute atomic E-state index is 0.313. The summed E-state index contributed by atoms with van der Waals surface area (Å²) in [6.45, 7) is 6.11. The molecule has 0 aromatic rings. The molecule has 12 heavy (non-hydrogen) atoms. The standard InChI is InChI=1S/C10H20N2/c1-3-10(12-11)9-6-4-5-8(2)7-9/h3,8-10,12H,1,4-7,11H2,2H3. The second kappa shape index (κ2) is 4.63. The predicted octanol–water partition coefficient (Wildman–Crippen LogP) is 1.83. The van der Waals surface area contributed by atoms with Crippen LogP contribution in [0, 0.1) is 11.8 Å². The molecule has 2 heteroatoms. The van der Waals surface area contributed by atoms with Gasteiger partial charge in [0.2, 0.25) is 0 Å². The van der Waals surface area contributed by atoms with E-state index in [1.54, 1.807) is 0 Å². The van der Waals surface area contributed by atoms with Crippen LogP contribution < -0.4 is 11.3 Å². The third-order valence-corrected chi connectivity index (χ3v) is 2.93. The first-order chi connectivity index (χ1) is 5.77. The van der Waals surface area contributed by atoms with E-state index < -0.39 is 0 Å². The Balaban J connectivity index is 2.43. The summed E-state index contributed by atoms with van der Waals surface area (Å²) >= 11 is 0. The Hall–Kier alpha value is -0.340. The van der Waals surface area contributed by atoms with Gasteiger partial charge in [0.15, 0.2) is 0 Å². The van der Waals surface area contributed by atoms with E-state index in [0.717, 1.165) is 5.92 Å². The summed E-state index contributed by atoms with van der Waals surface area (Å²) in [4.78, 5) is 0. The molecule has 0 aliphatic heterocycles. The van der Waals surface area contributed by atoms with Gasteiger partial charge in [-0.05, 0) is 24.7 Å². The van der Waals surface area contributed by atoms with Crippen LogP contribution in [0.15, 0.2) is 12.7 Å². The highest BCUT2D eigenvalue weighted by Gasteiger charge is 2.23. The molecule has 0 amide bonds. The molecule has 0 bridgehead atoms. The van der Waals surface area contributed by atoms with E-state index in [1.165, 1.54) is 25.7 Å². The van der Waals surface area contributed by atoms with Gasteiger partial charge in [0.25, 0.3) is 0 Å². The van der Waals surface area contributed by atoms with Crippen molar-refractivity contribution in [1.29, 1.82) is 0 Å². The number of rotatable bonds is 3. The maximum absolute atomic E-state index is 5.44. The highest BCUT2D eigenvalue weighted by Crippen LogP contribution is 2.30. The zero-order valence-electron chi connectivity index (χ0n) is 7.92. The minimum Gasteiger partial charge on any atom is -0.271 e. The van der Waals surface area contributed by atoms with Gasteiger partial charge < -0.3 is 0 Å². The van der Waals surface area contributed by atoms with E-state index in [-0.39, 0.29) is 0 Å². The van der Waals surface area contributed by atoms with Crippen LogP contribution in [0.25, 0.3) is 0 Å². The predicted molar refractivity (Wildman–Crippen MR) is 52.4 cm³/mol. The number of hydrazine groups is 1.